The molecule has 20 heavy (non-hydrogen) atoms. The summed E-state index contributed by atoms with van der Waals surface area (Å²) in [5, 5.41) is 3.43. The second kappa shape index (κ2) is 5.46. The molecule has 3 rings (SSSR count). The first-order valence-electron chi connectivity index (χ1n) is 6.63. The Hall–Kier alpha value is -2.14. The third kappa shape index (κ3) is 2.72. The van der Waals surface area contributed by atoms with E-state index in [0.717, 1.165) is 28.5 Å². The lowest BCUT2D eigenvalue weighted by atomic mass is 10.1. The Morgan fingerprint density at radius 3 is 2.85 bits per heavy atom. The van der Waals surface area contributed by atoms with Crippen molar-refractivity contribution in [3.63, 3.8) is 0 Å². The summed E-state index contributed by atoms with van der Waals surface area (Å²) >= 11 is 0. The van der Waals surface area contributed by atoms with Crippen LogP contribution in [0.3, 0.4) is 0 Å². The summed E-state index contributed by atoms with van der Waals surface area (Å²) in [6, 6.07) is 6.21. The maximum absolute atomic E-state index is 5.39. The standard InChI is InChI=1S/C15H17N3O2/c1-10-6-18-13(7-16-10)8-17-11(2)12-3-4-14-15(5-12)20-9-19-14/h3-7,11,17H,8-9H2,1-2H3. The van der Waals surface area contributed by atoms with E-state index in [2.05, 4.69) is 22.2 Å². The van der Waals surface area contributed by atoms with Crippen molar-refractivity contribution in [1.29, 1.82) is 0 Å². The maximum Gasteiger partial charge on any atom is 0.231 e. The van der Waals surface area contributed by atoms with Crippen LogP contribution in [0.1, 0.15) is 29.9 Å². The molecule has 0 fully saturated rings. The van der Waals surface area contributed by atoms with Crippen molar-refractivity contribution in [3.8, 4) is 11.5 Å². The average molecular weight is 271 g/mol. The van der Waals surface area contributed by atoms with E-state index in [0.29, 0.717) is 13.3 Å². The first-order chi connectivity index (χ1) is 9.72. The molecule has 5 nitrogen and oxygen atoms in total. The number of nitrogens with zero attached hydrogens (tertiary/aromatic N) is 2. The van der Waals surface area contributed by atoms with Crippen LogP contribution in [0.5, 0.6) is 11.5 Å². The molecule has 0 bridgehead atoms. The lowest BCUT2D eigenvalue weighted by Crippen LogP contribution is -2.18. The zero-order valence-electron chi connectivity index (χ0n) is 11.6. The molecule has 104 valence electrons. The van der Waals surface area contributed by atoms with Gasteiger partial charge in [0.15, 0.2) is 11.5 Å². The van der Waals surface area contributed by atoms with Gasteiger partial charge in [-0.2, -0.15) is 0 Å². The van der Waals surface area contributed by atoms with Crippen LogP contribution in [-0.4, -0.2) is 16.8 Å². The molecule has 1 N–H and O–H groups in total. The van der Waals surface area contributed by atoms with Crippen LogP contribution in [0.15, 0.2) is 30.6 Å². The molecule has 1 atom stereocenters. The quantitative estimate of drug-likeness (QED) is 0.925. The molecule has 1 aliphatic heterocycles. The fourth-order valence-electron chi connectivity index (χ4n) is 2.07. The van der Waals surface area contributed by atoms with Gasteiger partial charge >= 0.3 is 0 Å². The van der Waals surface area contributed by atoms with Crippen LogP contribution >= 0.6 is 0 Å². The highest BCUT2D eigenvalue weighted by molar-refractivity contribution is 5.45. The second-order valence-corrected chi connectivity index (χ2v) is 4.86. The molecule has 5 heteroatoms. The van der Waals surface area contributed by atoms with E-state index >= 15 is 0 Å². The van der Waals surface area contributed by atoms with Crippen molar-refractivity contribution in [2.24, 2.45) is 0 Å². The van der Waals surface area contributed by atoms with E-state index in [1.54, 1.807) is 12.4 Å². The SMILES string of the molecule is Cc1cnc(CNC(C)c2ccc3c(c2)OCO3)cn1. The van der Waals surface area contributed by atoms with E-state index in [4.69, 9.17) is 9.47 Å². The van der Waals surface area contributed by atoms with Gasteiger partial charge in [0, 0.05) is 25.0 Å². The first-order valence-corrected chi connectivity index (χ1v) is 6.63. The average Bonchev–Trinajstić information content (AvgIpc) is 2.93. The molecule has 1 aliphatic rings. The molecule has 2 aromatic rings. The van der Waals surface area contributed by atoms with Crippen molar-refractivity contribution in [2.45, 2.75) is 26.4 Å². The van der Waals surface area contributed by atoms with E-state index in [-0.39, 0.29) is 6.04 Å². The highest BCUT2D eigenvalue weighted by Crippen LogP contribution is 2.34. The number of aryl methyl sites for hydroxylation is 1. The predicted molar refractivity (Wildman–Crippen MR) is 74.6 cm³/mol. The van der Waals surface area contributed by atoms with Gasteiger partial charge in [0.05, 0.1) is 11.4 Å². The Balaban J connectivity index is 1.64. The number of hydrogen-bond donors (Lipinski definition) is 1. The summed E-state index contributed by atoms with van der Waals surface area (Å²) in [6.07, 6.45) is 3.58. The zero-order chi connectivity index (χ0) is 13.9. The molecule has 0 saturated heterocycles. The normalized spacial score (nSPS) is 14.3. The van der Waals surface area contributed by atoms with E-state index in [9.17, 15) is 0 Å². The Bertz CT molecular complexity index is 599. The van der Waals surface area contributed by atoms with Crippen molar-refractivity contribution >= 4 is 0 Å². The van der Waals surface area contributed by atoms with Crippen LogP contribution in [0.2, 0.25) is 0 Å². The van der Waals surface area contributed by atoms with Crippen LogP contribution in [-0.2, 0) is 6.54 Å². The summed E-state index contributed by atoms with van der Waals surface area (Å²) in [4.78, 5) is 8.57. The fraction of sp³-hybridized carbons (Fsp3) is 0.333. The van der Waals surface area contributed by atoms with Gasteiger partial charge in [-0.15, -0.1) is 0 Å². The van der Waals surface area contributed by atoms with Gasteiger partial charge in [0.25, 0.3) is 0 Å². The monoisotopic (exact) mass is 271 g/mol. The number of ether oxygens (including phenoxy) is 2. The molecular weight excluding hydrogens is 254 g/mol. The molecule has 2 heterocycles. The third-order valence-corrected chi connectivity index (χ3v) is 3.32. The van der Waals surface area contributed by atoms with Crippen LogP contribution < -0.4 is 14.8 Å². The minimum Gasteiger partial charge on any atom is -0.454 e. The van der Waals surface area contributed by atoms with Gasteiger partial charge in [0.1, 0.15) is 0 Å². The van der Waals surface area contributed by atoms with Crippen LogP contribution in [0.25, 0.3) is 0 Å². The predicted octanol–water partition coefficient (Wildman–Crippen LogP) is 2.36. The van der Waals surface area contributed by atoms with Crippen molar-refractivity contribution in [1.82, 2.24) is 15.3 Å². The smallest absolute Gasteiger partial charge is 0.231 e. The molecule has 0 amide bonds. The Morgan fingerprint density at radius 2 is 2.05 bits per heavy atom. The summed E-state index contributed by atoms with van der Waals surface area (Å²) < 4.78 is 10.7. The molecule has 1 unspecified atom stereocenters. The summed E-state index contributed by atoms with van der Waals surface area (Å²) in [5.41, 5.74) is 3.02. The number of benzene rings is 1. The number of hydrogen-bond acceptors (Lipinski definition) is 5. The van der Waals surface area contributed by atoms with Gasteiger partial charge in [-0.05, 0) is 31.5 Å². The third-order valence-electron chi connectivity index (χ3n) is 3.32. The number of nitrogens with one attached hydrogen (secondary N) is 1. The Labute approximate surface area is 118 Å². The Kier molecular flexibility index (Phi) is 3.52. The number of fused-ring (bicyclic) bond motifs is 1. The summed E-state index contributed by atoms with van der Waals surface area (Å²) in [7, 11) is 0. The minimum absolute atomic E-state index is 0.201. The van der Waals surface area contributed by atoms with Crippen molar-refractivity contribution < 1.29 is 9.47 Å². The molecule has 0 aliphatic carbocycles. The summed E-state index contributed by atoms with van der Waals surface area (Å²) in [6.45, 7) is 5.03. The van der Waals surface area contributed by atoms with Crippen LogP contribution in [0.4, 0.5) is 0 Å². The molecule has 1 aromatic heterocycles. The van der Waals surface area contributed by atoms with Gasteiger partial charge in [-0.3, -0.25) is 9.97 Å². The highest BCUT2D eigenvalue weighted by Gasteiger charge is 2.15. The van der Waals surface area contributed by atoms with Gasteiger partial charge < -0.3 is 14.8 Å². The van der Waals surface area contributed by atoms with Crippen molar-refractivity contribution in [2.75, 3.05) is 6.79 Å². The maximum atomic E-state index is 5.39. The topological polar surface area (TPSA) is 56.3 Å². The lowest BCUT2D eigenvalue weighted by Gasteiger charge is -2.14. The highest BCUT2D eigenvalue weighted by atomic mass is 16.7. The molecule has 0 spiro atoms. The van der Waals surface area contributed by atoms with Gasteiger partial charge in [-0.25, -0.2) is 0 Å². The largest absolute Gasteiger partial charge is 0.454 e. The van der Waals surface area contributed by atoms with Gasteiger partial charge in [0.2, 0.25) is 6.79 Å². The number of aromatic nitrogens is 2. The molecular formula is C15H17N3O2. The molecule has 0 saturated carbocycles. The molecule has 0 radical (unpaired) electrons. The second-order valence-electron chi connectivity index (χ2n) is 4.86. The minimum atomic E-state index is 0.201. The van der Waals surface area contributed by atoms with E-state index < -0.39 is 0 Å². The molecule has 1 aromatic carbocycles. The lowest BCUT2D eigenvalue weighted by molar-refractivity contribution is 0.174. The van der Waals surface area contributed by atoms with Gasteiger partial charge in [-0.1, -0.05) is 6.07 Å². The zero-order valence-corrected chi connectivity index (χ0v) is 11.6. The Morgan fingerprint density at radius 1 is 1.20 bits per heavy atom. The van der Waals surface area contributed by atoms with E-state index in [1.165, 1.54) is 0 Å². The van der Waals surface area contributed by atoms with E-state index in [1.807, 2.05) is 25.1 Å². The van der Waals surface area contributed by atoms with Crippen LogP contribution in [0, 0.1) is 6.92 Å². The number of rotatable bonds is 4. The fourth-order valence-corrected chi connectivity index (χ4v) is 2.07. The first kappa shape index (κ1) is 12.9. The summed E-state index contributed by atoms with van der Waals surface area (Å²) in [5.74, 6) is 1.62. The van der Waals surface area contributed by atoms with Crippen molar-refractivity contribution in [3.05, 3.63) is 47.5 Å².